The van der Waals surface area contributed by atoms with Gasteiger partial charge in [-0.15, -0.1) is 0 Å². The van der Waals surface area contributed by atoms with E-state index < -0.39 is 11.7 Å². The van der Waals surface area contributed by atoms with E-state index in [4.69, 9.17) is 5.11 Å². The normalized spacial score (nSPS) is 46.6. The maximum absolute atomic E-state index is 10.2. The smallest absolute Gasteiger partial charge is 0.404 e. The molecule has 2 rings (SSSR count). The van der Waals surface area contributed by atoms with Gasteiger partial charge in [-0.1, -0.05) is 0 Å². The standard InChI is InChI=1S/C7H11NO3/c9-6(10)8-5-2-1-4-3-7(4,5)11/h4-5,8,11H,1-3H2,(H,9,10). The first-order chi connectivity index (χ1) is 5.13. The number of hydrogen-bond acceptors (Lipinski definition) is 2. The minimum atomic E-state index is -1.03. The van der Waals surface area contributed by atoms with Crippen molar-refractivity contribution in [1.29, 1.82) is 0 Å². The molecule has 1 amide bonds. The van der Waals surface area contributed by atoms with Crippen LogP contribution in [0.25, 0.3) is 0 Å². The lowest BCUT2D eigenvalue weighted by Gasteiger charge is -2.17. The zero-order chi connectivity index (χ0) is 8.06. The average molecular weight is 157 g/mol. The third-order valence-corrected chi connectivity index (χ3v) is 2.83. The molecule has 2 aliphatic carbocycles. The fraction of sp³-hybridized carbons (Fsp3) is 0.857. The predicted octanol–water partition coefficient (Wildman–Crippen LogP) is 0.167. The lowest BCUT2D eigenvalue weighted by Crippen LogP contribution is -2.42. The highest BCUT2D eigenvalue weighted by Gasteiger charge is 2.62. The van der Waals surface area contributed by atoms with Gasteiger partial charge in [0.2, 0.25) is 0 Å². The number of carbonyl (C=O) groups is 1. The molecular weight excluding hydrogens is 146 g/mol. The Hall–Kier alpha value is -0.770. The fourth-order valence-electron chi connectivity index (χ4n) is 2.08. The summed E-state index contributed by atoms with van der Waals surface area (Å²) in [5.41, 5.74) is -0.682. The van der Waals surface area contributed by atoms with Gasteiger partial charge < -0.3 is 15.5 Å². The van der Waals surface area contributed by atoms with Gasteiger partial charge in [0.15, 0.2) is 0 Å². The summed E-state index contributed by atoms with van der Waals surface area (Å²) < 4.78 is 0. The summed E-state index contributed by atoms with van der Waals surface area (Å²) in [6, 6.07) is -0.218. The SMILES string of the molecule is O=C(O)NC1CCC2CC21O. The van der Waals surface area contributed by atoms with E-state index in [9.17, 15) is 9.90 Å². The molecule has 2 fully saturated rings. The summed E-state index contributed by atoms with van der Waals surface area (Å²) >= 11 is 0. The summed E-state index contributed by atoms with van der Waals surface area (Å²) in [4.78, 5) is 10.2. The second-order valence-electron chi connectivity index (χ2n) is 3.47. The van der Waals surface area contributed by atoms with Gasteiger partial charge in [-0.25, -0.2) is 4.79 Å². The van der Waals surface area contributed by atoms with Gasteiger partial charge in [0.1, 0.15) is 0 Å². The number of nitrogens with one attached hydrogen (secondary N) is 1. The van der Waals surface area contributed by atoms with E-state index in [2.05, 4.69) is 5.32 Å². The molecule has 3 N–H and O–H groups in total. The number of amides is 1. The lowest BCUT2D eigenvalue weighted by atomic mass is 10.1. The molecule has 0 saturated heterocycles. The maximum atomic E-state index is 10.2. The topological polar surface area (TPSA) is 69.6 Å². The van der Waals surface area contributed by atoms with Crippen molar-refractivity contribution in [3.8, 4) is 0 Å². The molecule has 2 aliphatic rings. The lowest BCUT2D eigenvalue weighted by molar-refractivity contribution is 0.103. The molecular formula is C7H11NO3. The van der Waals surface area contributed by atoms with E-state index in [1.807, 2.05) is 0 Å². The molecule has 2 saturated carbocycles. The average Bonchev–Trinajstić information content (AvgIpc) is 2.47. The number of hydrogen-bond donors (Lipinski definition) is 3. The van der Waals surface area contributed by atoms with E-state index in [0.717, 1.165) is 19.3 Å². The summed E-state index contributed by atoms with van der Waals surface area (Å²) in [5.74, 6) is 0.361. The van der Waals surface area contributed by atoms with E-state index >= 15 is 0 Å². The molecule has 0 aromatic rings. The molecule has 0 spiro atoms. The molecule has 0 radical (unpaired) electrons. The van der Waals surface area contributed by atoms with Gasteiger partial charge in [-0.3, -0.25) is 0 Å². The van der Waals surface area contributed by atoms with Crippen molar-refractivity contribution in [3.63, 3.8) is 0 Å². The quantitative estimate of drug-likeness (QED) is 0.508. The number of fused-ring (bicyclic) bond motifs is 1. The Morgan fingerprint density at radius 2 is 2.27 bits per heavy atom. The van der Waals surface area contributed by atoms with Gasteiger partial charge >= 0.3 is 6.09 Å². The van der Waals surface area contributed by atoms with Crippen LogP contribution in [0, 0.1) is 5.92 Å². The maximum Gasteiger partial charge on any atom is 0.404 e. The minimum Gasteiger partial charge on any atom is -0.465 e. The highest BCUT2D eigenvalue weighted by molar-refractivity contribution is 5.65. The molecule has 3 unspecified atom stereocenters. The van der Waals surface area contributed by atoms with E-state index in [-0.39, 0.29) is 6.04 Å². The van der Waals surface area contributed by atoms with Crippen LogP contribution in [0.5, 0.6) is 0 Å². The Morgan fingerprint density at radius 1 is 1.55 bits per heavy atom. The molecule has 11 heavy (non-hydrogen) atoms. The van der Waals surface area contributed by atoms with Gasteiger partial charge in [0.25, 0.3) is 0 Å². The van der Waals surface area contributed by atoms with Crippen LogP contribution in [0.1, 0.15) is 19.3 Å². The van der Waals surface area contributed by atoms with Gasteiger partial charge in [-0.05, 0) is 25.2 Å². The van der Waals surface area contributed by atoms with E-state index in [1.165, 1.54) is 0 Å². The van der Waals surface area contributed by atoms with Crippen molar-refractivity contribution in [2.75, 3.05) is 0 Å². The van der Waals surface area contributed by atoms with E-state index in [1.54, 1.807) is 0 Å². The highest BCUT2D eigenvalue weighted by Crippen LogP contribution is 2.55. The Labute approximate surface area is 64.2 Å². The Kier molecular flexibility index (Phi) is 1.18. The van der Waals surface area contributed by atoms with Crippen LogP contribution in [0.4, 0.5) is 4.79 Å². The zero-order valence-corrected chi connectivity index (χ0v) is 6.08. The molecule has 0 aliphatic heterocycles. The van der Waals surface area contributed by atoms with Gasteiger partial charge in [-0.2, -0.15) is 0 Å². The monoisotopic (exact) mass is 157 g/mol. The highest BCUT2D eigenvalue weighted by atomic mass is 16.4. The molecule has 4 nitrogen and oxygen atoms in total. The van der Waals surface area contributed by atoms with Crippen molar-refractivity contribution in [2.45, 2.75) is 30.9 Å². The minimum absolute atomic E-state index is 0.218. The molecule has 3 atom stereocenters. The Morgan fingerprint density at radius 3 is 2.64 bits per heavy atom. The first-order valence-electron chi connectivity index (χ1n) is 3.85. The summed E-state index contributed by atoms with van der Waals surface area (Å²) in [5, 5.41) is 20.4. The van der Waals surface area contributed by atoms with Crippen LogP contribution in [-0.4, -0.2) is 27.9 Å². The largest absolute Gasteiger partial charge is 0.465 e. The fourth-order valence-corrected chi connectivity index (χ4v) is 2.08. The Bertz CT molecular complexity index is 204. The second kappa shape index (κ2) is 1.88. The third-order valence-electron chi connectivity index (χ3n) is 2.83. The number of carboxylic acid groups (broad SMARTS) is 1. The summed E-state index contributed by atoms with van der Waals surface area (Å²) in [7, 11) is 0. The van der Waals surface area contributed by atoms with Crippen LogP contribution in [-0.2, 0) is 0 Å². The van der Waals surface area contributed by atoms with Crippen LogP contribution in [0.15, 0.2) is 0 Å². The molecule has 0 aromatic heterocycles. The van der Waals surface area contributed by atoms with Crippen LogP contribution >= 0.6 is 0 Å². The summed E-state index contributed by atoms with van der Waals surface area (Å²) in [6.07, 6.45) is 1.49. The number of aliphatic hydroxyl groups is 1. The number of rotatable bonds is 1. The third kappa shape index (κ3) is 0.894. The second-order valence-corrected chi connectivity index (χ2v) is 3.47. The van der Waals surface area contributed by atoms with Crippen LogP contribution in [0.3, 0.4) is 0 Å². The first-order valence-corrected chi connectivity index (χ1v) is 3.85. The van der Waals surface area contributed by atoms with Gasteiger partial charge in [0, 0.05) is 0 Å². The molecule has 4 heteroatoms. The van der Waals surface area contributed by atoms with Crippen molar-refractivity contribution in [3.05, 3.63) is 0 Å². The van der Waals surface area contributed by atoms with Crippen molar-refractivity contribution in [2.24, 2.45) is 5.92 Å². The molecule has 0 heterocycles. The van der Waals surface area contributed by atoms with Gasteiger partial charge in [0.05, 0.1) is 11.6 Å². The van der Waals surface area contributed by atoms with Crippen LogP contribution in [0.2, 0.25) is 0 Å². The Balaban J connectivity index is 1.99. The van der Waals surface area contributed by atoms with Crippen molar-refractivity contribution >= 4 is 6.09 Å². The van der Waals surface area contributed by atoms with E-state index in [0.29, 0.717) is 5.92 Å². The summed E-state index contributed by atoms with van der Waals surface area (Å²) in [6.45, 7) is 0. The first kappa shape index (κ1) is 6.91. The van der Waals surface area contributed by atoms with Crippen LogP contribution < -0.4 is 5.32 Å². The predicted molar refractivity (Wildman–Crippen MR) is 37.2 cm³/mol. The molecule has 0 bridgehead atoms. The van der Waals surface area contributed by atoms with Crippen molar-refractivity contribution in [1.82, 2.24) is 5.32 Å². The van der Waals surface area contributed by atoms with Crippen molar-refractivity contribution < 1.29 is 15.0 Å². The molecule has 0 aromatic carbocycles. The molecule has 62 valence electrons. The zero-order valence-electron chi connectivity index (χ0n) is 6.08.